The van der Waals surface area contributed by atoms with E-state index in [1.54, 1.807) is 7.11 Å². The van der Waals surface area contributed by atoms with E-state index in [1.165, 1.54) is 0 Å². The van der Waals surface area contributed by atoms with Crippen LogP contribution in [0.4, 0.5) is 0 Å². The zero-order valence-corrected chi connectivity index (χ0v) is 9.41. The Balaban J connectivity index is 2.27. The van der Waals surface area contributed by atoms with Gasteiger partial charge in [0.25, 0.3) is 0 Å². The summed E-state index contributed by atoms with van der Waals surface area (Å²) in [6.45, 7) is 2.52. The van der Waals surface area contributed by atoms with Gasteiger partial charge >= 0.3 is 0 Å². The van der Waals surface area contributed by atoms with Crippen LogP contribution < -0.4 is 9.47 Å². The van der Waals surface area contributed by atoms with Crippen molar-refractivity contribution in [3.63, 3.8) is 0 Å². The third-order valence-electron chi connectivity index (χ3n) is 3.48. The molecule has 0 amide bonds. The third kappa shape index (κ3) is 1.12. The standard InChI is InChI=1S/C13H14O3/c1-7-9-6-16-13-11(15-2)4-3-8(12(9)13)5-10(7)14/h3-4,10,14H,5-6H2,1-2H3. The fourth-order valence-electron chi connectivity index (χ4n) is 2.50. The minimum Gasteiger partial charge on any atom is -0.493 e. The topological polar surface area (TPSA) is 38.7 Å². The molecule has 1 aliphatic heterocycles. The smallest absolute Gasteiger partial charge is 0.169 e. The summed E-state index contributed by atoms with van der Waals surface area (Å²) in [6, 6.07) is 3.92. The van der Waals surface area contributed by atoms with Crippen LogP contribution in [0.5, 0.6) is 11.5 Å². The van der Waals surface area contributed by atoms with E-state index in [4.69, 9.17) is 9.47 Å². The van der Waals surface area contributed by atoms with E-state index < -0.39 is 0 Å². The largest absolute Gasteiger partial charge is 0.493 e. The molecule has 1 aliphatic carbocycles. The van der Waals surface area contributed by atoms with Gasteiger partial charge in [0.15, 0.2) is 11.5 Å². The summed E-state index contributed by atoms with van der Waals surface area (Å²) in [6.07, 6.45) is 0.302. The first kappa shape index (κ1) is 9.73. The van der Waals surface area contributed by atoms with Gasteiger partial charge in [-0.3, -0.25) is 0 Å². The maximum atomic E-state index is 9.93. The Kier molecular flexibility index (Phi) is 1.98. The minimum atomic E-state index is -0.370. The van der Waals surface area contributed by atoms with Gasteiger partial charge in [-0.25, -0.2) is 0 Å². The first-order chi connectivity index (χ1) is 7.72. The summed E-state index contributed by atoms with van der Waals surface area (Å²) in [5.41, 5.74) is 4.45. The number of rotatable bonds is 1. The molecule has 3 rings (SSSR count). The number of aliphatic hydroxyl groups is 1. The van der Waals surface area contributed by atoms with Crippen LogP contribution in [0.25, 0.3) is 5.57 Å². The van der Waals surface area contributed by atoms with E-state index in [0.29, 0.717) is 13.0 Å². The summed E-state index contributed by atoms with van der Waals surface area (Å²) >= 11 is 0. The molecule has 0 saturated heterocycles. The van der Waals surface area contributed by atoms with Crippen molar-refractivity contribution in [2.24, 2.45) is 0 Å². The van der Waals surface area contributed by atoms with Gasteiger partial charge in [-0.2, -0.15) is 0 Å². The molecule has 1 heterocycles. The number of aliphatic hydroxyl groups excluding tert-OH is 1. The molecule has 0 aromatic heterocycles. The fourth-order valence-corrected chi connectivity index (χ4v) is 2.50. The molecule has 3 nitrogen and oxygen atoms in total. The molecule has 1 aromatic carbocycles. The second-order valence-electron chi connectivity index (χ2n) is 4.30. The number of methoxy groups -OCH3 is 1. The highest BCUT2D eigenvalue weighted by molar-refractivity contribution is 5.83. The van der Waals surface area contributed by atoms with Gasteiger partial charge in [0.2, 0.25) is 0 Å². The summed E-state index contributed by atoms with van der Waals surface area (Å²) in [4.78, 5) is 0. The SMILES string of the molecule is COc1ccc2c3c1OCC3=C(C)C(O)C2. The van der Waals surface area contributed by atoms with Crippen molar-refractivity contribution in [2.75, 3.05) is 13.7 Å². The van der Waals surface area contributed by atoms with Crippen molar-refractivity contribution in [1.82, 2.24) is 0 Å². The van der Waals surface area contributed by atoms with Crippen molar-refractivity contribution in [3.8, 4) is 11.5 Å². The lowest BCUT2D eigenvalue weighted by Crippen LogP contribution is -2.19. The van der Waals surface area contributed by atoms with Gasteiger partial charge in [0.05, 0.1) is 13.2 Å². The van der Waals surface area contributed by atoms with Crippen molar-refractivity contribution in [3.05, 3.63) is 28.8 Å². The van der Waals surface area contributed by atoms with E-state index in [9.17, 15) is 5.11 Å². The summed E-state index contributed by atoms with van der Waals surface area (Å²) in [5, 5.41) is 9.93. The summed E-state index contributed by atoms with van der Waals surface area (Å²) < 4.78 is 11.0. The van der Waals surface area contributed by atoms with E-state index in [1.807, 2.05) is 19.1 Å². The number of hydrogen-bond donors (Lipinski definition) is 1. The van der Waals surface area contributed by atoms with Gasteiger partial charge in [0.1, 0.15) is 6.61 Å². The van der Waals surface area contributed by atoms with E-state index in [2.05, 4.69) is 0 Å². The Morgan fingerprint density at radius 2 is 2.25 bits per heavy atom. The maximum Gasteiger partial charge on any atom is 0.169 e. The molecule has 0 radical (unpaired) electrons. The van der Waals surface area contributed by atoms with E-state index in [-0.39, 0.29) is 6.10 Å². The highest BCUT2D eigenvalue weighted by Crippen LogP contribution is 2.47. The van der Waals surface area contributed by atoms with Gasteiger partial charge < -0.3 is 14.6 Å². The second kappa shape index (κ2) is 3.25. The Bertz CT molecular complexity index is 488. The van der Waals surface area contributed by atoms with Gasteiger partial charge in [-0.1, -0.05) is 6.07 Å². The van der Waals surface area contributed by atoms with Crippen LogP contribution in [0.15, 0.2) is 17.7 Å². The molecule has 1 atom stereocenters. The summed E-state index contributed by atoms with van der Waals surface area (Å²) in [5.74, 6) is 1.61. The maximum absolute atomic E-state index is 9.93. The molecular weight excluding hydrogens is 204 g/mol. The number of ether oxygens (including phenoxy) is 2. The van der Waals surface area contributed by atoms with Crippen molar-refractivity contribution in [2.45, 2.75) is 19.4 Å². The van der Waals surface area contributed by atoms with Crippen LogP contribution in [-0.2, 0) is 6.42 Å². The molecule has 1 N–H and O–H groups in total. The van der Waals surface area contributed by atoms with Gasteiger partial charge in [-0.15, -0.1) is 0 Å². The van der Waals surface area contributed by atoms with E-state index in [0.717, 1.165) is 33.8 Å². The monoisotopic (exact) mass is 218 g/mol. The molecule has 0 saturated carbocycles. The zero-order chi connectivity index (χ0) is 11.3. The molecule has 1 aromatic rings. The Labute approximate surface area is 94.3 Å². The Morgan fingerprint density at radius 3 is 3.00 bits per heavy atom. The van der Waals surface area contributed by atoms with Crippen LogP contribution in [0.2, 0.25) is 0 Å². The number of benzene rings is 1. The van der Waals surface area contributed by atoms with Crippen molar-refractivity contribution >= 4 is 5.57 Å². The number of hydrogen-bond acceptors (Lipinski definition) is 3. The average Bonchev–Trinajstić information content (AvgIpc) is 2.72. The lowest BCUT2D eigenvalue weighted by Gasteiger charge is -2.22. The summed E-state index contributed by atoms with van der Waals surface area (Å²) in [7, 11) is 1.65. The minimum absolute atomic E-state index is 0.370. The van der Waals surface area contributed by atoms with Crippen LogP contribution in [0.3, 0.4) is 0 Å². The first-order valence-electron chi connectivity index (χ1n) is 5.43. The fraction of sp³-hybridized carbons (Fsp3) is 0.385. The molecule has 0 bridgehead atoms. The Morgan fingerprint density at radius 1 is 1.44 bits per heavy atom. The van der Waals surface area contributed by atoms with E-state index >= 15 is 0 Å². The molecule has 0 fully saturated rings. The normalized spacial score (nSPS) is 21.8. The predicted molar refractivity (Wildman–Crippen MR) is 60.8 cm³/mol. The highest BCUT2D eigenvalue weighted by atomic mass is 16.5. The molecular formula is C13H14O3. The molecule has 3 heteroatoms. The van der Waals surface area contributed by atoms with Gasteiger partial charge in [-0.05, 0) is 24.1 Å². The lowest BCUT2D eigenvalue weighted by molar-refractivity contribution is 0.210. The van der Waals surface area contributed by atoms with Gasteiger partial charge in [0, 0.05) is 17.6 Å². The van der Waals surface area contributed by atoms with Crippen molar-refractivity contribution < 1.29 is 14.6 Å². The first-order valence-corrected chi connectivity index (χ1v) is 5.43. The molecule has 1 unspecified atom stereocenters. The molecule has 2 aliphatic rings. The second-order valence-corrected chi connectivity index (χ2v) is 4.30. The van der Waals surface area contributed by atoms with Crippen LogP contribution >= 0.6 is 0 Å². The molecule has 16 heavy (non-hydrogen) atoms. The Hall–Kier alpha value is -1.48. The quantitative estimate of drug-likeness (QED) is 0.780. The molecule has 0 spiro atoms. The molecule has 84 valence electrons. The predicted octanol–water partition coefficient (Wildman–Crippen LogP) is 1.78. The average molecular weight is 218 g/mol. The van der Waals surface area contributed by atoms with Crippen LogP contribution in [-0.4, -0.2) is 24.9 Å². The van der Waals surface area contributed by atoms with Crippen molar-refractivity contribution in [1.29, 1.82) is 0 Å². The zero-order valence-electron chi connectivity index (χ0n) is 9.41. The third-order valence-corrected chi connectivity index (χ3v) is 3.48. The van der Waals surface area contributed by atoms with Crippen LogP contribution in [0, 0.1) is 0 Å². The van der Waals surface area contributed by atoms with Crippen LogP contribution in [0.1, 0.15) is 18.1 Å². The lowest BCUT2D eigenvalue weighted by atomic mass is 9.85. The highest BCUT2D eigenvalue weighted by Gasteiger charge is 2.32.